The van der Waals surface area contributed by atoms with Crippen molar-refractivity contribution >= 4 is 17.4 Å². The quantitative estimate of drug-likeness (QED) is 0.804. The van der Waals surface area contributed by atoms with Crippen LogP contribution in [0, 0.1) is 5.82 Å². The van der Waals surface area contributed by atoms with Gasteiger partial charge in [-0.05, 0) is 25.1 Å². The third kappa shape index (κ3) is 3.15. The first-order valence-electron chi connectivity index (χ1n) is 7.79. The predicted molar refractivity (Wildman–Crippen MR) is 87.7 cm³/mol. The molecule has 126 valence electrons. The van der Waals surface area contributed by atoms with E-state index in [-0.39, 0.29) is 11.7 Å². The molecule has 0 N–H and O–H groups in total. The second-order valence-electron chi connectivity index (χ2n) is 5.90. The Balaban J connectivity index is 1.67. The van der Waals surface area contributed by atoms with Gasteiger partial charge in [0.2, 0.25) is 0 Å². The van der Waals surface area contributed by atoms with Crippen LogP contribution in [-0.2, 0) is 7.05 Å². The molecule has 1 aromatic heterocycles. The van der Waals surface area contributed by atoms with Gasteiger partial charge in [-0.3, -0.25) is 14.3 Å². The Hall–Kier alpha value is -2.70. The van der Waals surface area contributed by atoms with Crippen LogP contribution >= 0.6 is 0 Å². The molecule has 1 fully saturated rings. The van der Waals surface area contributed by atoms with Gasteiger partial charge >= 0.3 is 0 Å². The molecular formula is C17H19FN4O2. The van der Waals surface area contributed by atoms with Crippen LogP contribution in [-0.4, -0.2) is 52.5 Å². The molecule has 24 heavy (non-hydrogen) atoms. The fourth-order valence-corrected chi connectivity index (χ4v) is 2.85. The Morgan fingerprint density at radius 3 is 2.38 bits per heavy atom. The number of piperazine rings is 1. The number of ketones is 1. The number of nitrogens with zero attached hydrogens (tertiary/aromatic N) is 4. The average Bonchev–Trinajstić information content (AvgIpc) is 3.00. The van der Waals surface area contributed by atoms with Gasteiger partial charge in [-0.15, -0.1) is 0 Å². The van der Waals surface area contributed by atoms with E-state index in [1.54, 1.807) is 41.2 Å². The smallest absolute Gasteiger partial charge is 0.257 e. The number of anilines is 1. The molecule has 1 aliphatic heterocycles. The van der Waals surface area contributed by atoms with E-state index in [1.807, 2.05) is 4.90 Å². The lowest BCUT2D eigenvalue weighted by Crippen LogP contribution is -2.49. The zero-order valence-corrected chi connectivity index (χ0v) is 13.7. The minimum atomic E-state index is -0.408. The van der Waals surface area contributed by atoms with Crippen molar-refractivity contribution in [3.05, 3.63) is 47.5 Å². The second kappa shape index (κ2) is 6.43. The van der Waals surface area contributed by atoms with Crippen LogP contribution in [0.3, 0.4) is 0 Å². The lowest BCUT2D eigenvalue weighted by Gasteiger charge is -2.36. The Labute approximate surface area is 139 Å². The fraction of sp³-hybridized carbons (Fsp3) is 0.353. The molecule has 7 heteroatoms. The van der Waals surface area contributed by atoms with Gasteiger partial charge in [0.15, 0.2) is 5.78 Å². The number of amides is 1. The topological polar surface area (TPSA) is 58.4 Å². The molecular weight excluding hydrogens is 311 g/mol. The first kappa shape index (κ1) is 16.2. The molecule has 2 aromatic rings. The molecule has 0 bridgehead atoms. The number of halogens is 1. The Kier molecular flexibility index (Phi) is 4.33. The molecule has 0 aliphatic carbocycles. The third-order valence-corrected chi connectivity index (χ3v) is 4.21. The van der Waals surface area contributed by atoms with Crippen molar-refractivity contribution < 1.29 is 14.0 Å². The van der Waals surface area contributed by atoms with Gasteiger partial charge in [0.1, 0.15) is 5.82 Å². The maximum absolute atomic E-state index is 14.2. The summed E-state index contributed by atoms with van der Waals surface area (Å²) < 4.78 is 15.8. The highest BCUT2D eigenvalue weighted by molar-refractivity contribution is 5.94. The van der Waals surface area contributed by atoms with Crippen molar-refractivity contribution in [3.63, 3.8) is 0 Å². The SMILES string of the molecule is CC(=O)c1ccc(N2CCN(C(=O)c3cnn(C)c3)CC2)c(F)c1. The number of hydrogen-bond donors (Lipinski definition) is 0. The average molecular weight is 330 g/mol. The minimum absolute atomic E-state index is 0.0600. The van der Waals surface area contributed by atoms with Gasteiger partial charge < -0.3 is 9.80 Å². The second-order valence-corrected chi connectivity index (χ2v) is 5.90. The molecule has 0 spiro atoms. The van der Waals surface area contributed by atoms with E-state index in [9.17, 15) is 14.0 Å². The summed E-state index contributed by atoms with van der Waals surface area (Å²) in [6.07, 6.45) is 3.24. The molecule has 0 saturated carbocycles. The zero-order valence-electron chi connectivity index (χ0n) is 13.7. The van der Waals surface area contributed by atoms with Gasteiger partial charge in [-0.1, -0.05) is 0 Å². The third-order valence-electron chi connectivity index (χ3n) is 4.21. The van der Waals surface area contributed by atoms with E-state index in [1.165, 1.54) is 13.0 Å². The van der Waals surface area contributed by atoms with Gasteiger partial charge in [0.05, 0.1) is 17.4 Å². The summed E-state index contributed by atoms with van der Waals surface area (Å²) >= 11 is 0. The van der Waals surface area contributed by atoms with Gasteiger partial charge in [-0.25, -0.2) is 4.39 Å². The Morgan fingerprint density at radius 2 is 1.83 bits per heavy atom. The highest BCUT2D eigenvalue weighted by Gasteiger charge is 2.24. The van der Waals surface area contributed by atoms with E-state index in [0.717, 1.165) is 0 Å². The standard InChI is InChI=1S/C17H19FN4O2/c1-12(23)13-3-4-16(15(18)9-13)21-5-7-22(8-6-21)17(24)14-10-19-20(2)11-14/h3-4,9-11H,5-8H2,1-2H3. The lowest BCUT2D eigenvalue weighted by molar-refractivity contribution is 0.0746. The number of aromatic nitrogens is 2. The first-order chi connectivity index (χ1) is 11.5. The molecule has 0 atom stereocenters. The Morgan fingerprint density at radius 1 is 1.12 bits per heavy atom. The summed E-state index contributed by atoms with van der Waals surface area (Å²) in [6, 6.07) is 4.53. The van der Waals surface area contributed by atoms with Gasteiger partial charge in [0, 0.05) is 45.0 Å². The molecule has 3 rings (SSSR count). The molecule has 2 heterocycles. The monoisotopic (exact) mass is 330 g/mol. The van der Waals surface area contributed by atoms with Crippen molar-refractivity contribution in [1.82, 2.24) is 14.7 Å². The van der Waals surface area contributed by atoms with Crippen molar-refractivity contribution in [1.29, 1.82) is 0 Å². The molecule has 0 radical (unpaired) electrons. The number of hydrogen-bond acceptors (Lipinski definition) is 4. The van der Waals surface area contributed by atoms with Crippen LogP contribution in [0.15, 0.2) is 30.6 Å². The van der Waals surface area contributed by atoms with Crippen LogP contribution in [0.1, 0.15) is 27.6 Å². The molecule has 0 unspecified atom stereocenters. The predicted octanol–water partition coefficient (Wildman–Crippen LogP) is 1.72. The number of carbonyl (C=O) groups excluding carboxylic acids is 2. The number of Topliss-reactive ketones (excluding diaryl/α,β-unsaturated/α-hetero) is 1. The normalized spacial score (nSPS) is 14.8. The number of benzene rings is 1. The van der Waals surface area contributed by atoms with Crippen molar-refractivity contribution in [2.24, 2.45) is 7.05 Å². The zero-order chi connectivity index (χ0) is 17.3. The summed E-state index contributed by atoms with van der Waals surface area (Å²) in [5.74, 6) is -0.628. The van der Waals surface area contributed by atoms with Crippen LogP contribution in [0.2, 0.25) is 0 Å². The number of aryl methyl sites for hydroxylation is 1. The molecule has 1 aliphatic rings. The summed E-state index contributed by atoms with van der Waals surface area (Å²) in [7, 11) is 1.77. The maximum atomic E-state index is 14.2. The molecule has 1 amide bonds. The molecule has 1 saturated heterocycles. The van der Waals surface area contributed by atoms with E-state index in [2.05, 4.69) is 5.10 Å². The van der Waals surface area contributed by atoms with Crippen molar-refractivity contribution in [2.75, 3.05) is 31.1 Å². The van der Waals surface area contributed by atoms with Crippen LogP contribution in [0.25, 0.3) is 0 Å². The Bertz CT molecular complexity index is 779. The van der Waals surface area contributed by atoms with E-state index < -0.39 is 5.82 Å². The largest absolute Gasteiger partial charge is 0.366 e. The van der Waals surface area contributed by atoms with E-state index in [0.29, 0.717) is 43.0 Å². The summed E-state index contributed by atoms with van der Waals surface area (Å²) in [6.45, 7) is 3.53. The highest BCUT2D eigenvalue weighted by Crippen LogP contribution is 2.22. The van der Waals surface area contributed by atoms with Crippen molar-refractivity contribution in [2.45, 2.75) is 6.92 Å². The van der Waals surface area contributed by atoms with Gasteiger partial charge in [-0.2, -0.15) is 5.10 Å². The summed E-state index contributed by atoms with van der Waals surface area (Å²) in [5, 5.41) is 4.01. The number of rotatable bonds is 3. The molecule has 1 aromatic carbocycles. The first-order valence-corrected chi connectivity index (χ1v) is 7.79. The van der Waals surface area contributed by atoms with E-state index >= 15 is 0 Å². The fourth-order valence-electron chi connectivity index (χ4n) is 2.85. The van der Waals surface area contributed by atoms with Gasteiger partial charge in [0.25, 0.3) is 5.91 Å². The van der Waals surface area contributed by atoms with Crippen LogP contribution < -0.4 is 4.90 Å². The summed E-state index contributed by atoms with van der Waals surface area (Å²) in [5.41, 5.74) is 1.39. The minimum Gasteiger partial charge on any atom is -0.366 e. The van der Waals surface area contributed by atoms with E-state index in [4.69, 9.17) is 0 Å². The summed E-state index contributed by atoms with van der Waals surface area (Å²) in [4.78, 5) is 27.3. The van der Waals surface area contributed by atoms with Crippen molar-refractivity contribution in [3.8, 4) is 0 Å². The van der Waals surface area contributed by atoms with Crippen LogP contribution in [0.5, 0.6) is 0 Å². The lowest BCUT2D eigenvalue weighted by atomic mass is 10.1. The number of carbonyl (C=O) groups is 2. The maximum Gasteiger partial charge on any atom is 0.257 e. The molecule has 6 nitrogen and oxygen atoms in total. The highest BCUT2D eigenvalue weighted by atomic mass is 19.1. The van der Waals surface area contributed by atoms with Crippen LogP contribution in [0.4, 0.5) is 10.1 Å².